The summed E-state index contributed by atoms with van der Waals surface area (Å²) in [6.07, 6.45) is 8.57. The zero-order valence-corrected chi connectivity index (χ0v) is 14.5. The van der Waals surface area contributed by atoms with Crippen LogP contribution in [0.1, 0.15) is 62.5 Å². The van der Waals surface area contributed by atoms with Gasteiger partial charge in [0.1, 0.15) is 11.6 Å². The fraction of sp³-hybridized carbons (Fsp3) is 0.824. The van der Waals surface area contributed by atoms with Crippen LogP contribution in [0.2, 0.25) is 0 Å². The maximum atomic E-state index is 12.5. The van der Waals surface area contributed by atoms with Gasteiger partial charge in [-0.15, -0.1) is 10.2 Å². The Bertz CT molecular complexity index is 529. The van der Waals surface area contributed by atoms with Crippen LogP contribution in [0.15, 0.2) is 0 Å². The van der Waals surface area contributed by atoms with Gasteiger partial charge in [-0.1, -0.05) is 19.3 Å². The van der Waals surface area contributed by atoms with Crippen LogP contribution < -0.4 is 0 Å². The van der Waals surface area contributed by atoms with Gasteiger partial charge in [0.2, 0.25) is 5.91 Å². The minimum atomic E-state index is 0.249. The predicted molar refractivity (Wildman–Crippen MR) is 89.0 cm³/mol. The van der Waals surface area contributed by atoms with E-state index in [1.807, 2.05) is 19.0 Å². The van der Waals surface area contributed by atoms with Crippen LogP contribution in [0.3, 0.4) is 0 Å². The molecule has 3 rings (SSSR count). The minimum Gasteiger partial charge on any atom is -0.342 e. The monoisotopic (exact) mass is 319 g/mol. The van der Waals surface area contributed by atoms with Crippen molar-refractivity contribution in [2.75, 3.05) is 26.7 Å². The van der Waals surface area contributed by atoms with Crippen LogP contribution in [0.4, 0.5) is 0 Å². The van der Waals surface area contributed by atoms with E-state index in [4.69, 9.17) is 0 Å². The van der Waals surface area contributed by atoms with Crippen molar-refractivity contribution in [1.29, 1.82) is 0 Å². The Balaban J connectivity index is 1.51. The lowest BCUT2D eigenvalue weighted by atomic mass is 10.1. The zero-order valence-electron chi connectivity index (χ0n) is 14.5. The Morgan fingerprint density at radius 1 is 1.13 bits per heavy atom. The Morgan fingerprint density at radius 3 is 2.43 bits per heavy atom. The quantitative estimate of drug-likeness (QED) is 0.832. The maximum absolute atomic E-state index is 12.5. The second kappa shape index (κ2) is 7.43. The first kappa shape index (κ1) is 16.4. The molecule has 6 nitrogen and oxygen atoms in total. The number of hydrogen-bond donors (Lipinski definition) is 0. The summed E-state index contributed by atoms with van der Waals surface area (Å²) in [5.74, 6) is 2.91. The van der Waals surface area contributed by atoms with Gasteiger partial charge in [-0.2, -0.15) is 0 Å². The number of aromatic nitrogens is 3. The van der Waals surface area contributed by atoms with Crippen molar-refractivity contribution < 1.29 is 4.79 Å². The first-order chi connectivity index (χ1) is 11.1. The molecule has 1 aliphatic heterocycles. The van der Waals surface area contributed by atoms with E-state index in [2.05, 4.69) is 19.7 Å². The highest BCUT2D eigenvalue weighted by Crippen LogP contribution is 2.38. The number of carbonyl (C=O) groups is 1. The van der Waals surface area contributed by atoms with Gasteiger partial charge in [-0.05, 0) is 32.7 Å². The van der Waals surface area contributed by atoms with E-state index in [1.54, 1.807) is 0 Å². The number of rotatable bonds is 5. The Kier molecular flexibility index (Phi) is 5.30. The molecule has 1 amide bonds. The van der Waals surface area contributed by atoms with Crippen LogP contribution in [-0.4, -0.2) is 57.2 Å². The molecule has 0 atom stereocenters. The molecule has 1 saturated heterocycles. The summed E-state index contributed by atoms with van der Waals surface area (Å²) in [5.41, 5.74) is 0. The summed E-state index contributed by atoms with van der Waals surface area (Å²) < 4.78 is 2.11. The normalized spacial score (nSPS) is 19.7. The van der Waals surface area contributed by atoms with E-state index < -0.39 is 0 Å². The molecule has 0 N–H and O–H groups in total. The largest absolute Gasteiger partial charge is 0.342 e. The second-order valence-electron chi connectivity index (χ2n) is 7.13. The van der Waals surface area contributed by atoms with Gasteiger partial charge in [0.05, 0.1) is 13.1 Å². The highest BCUT2D eigenvalue weighted by atomic mass is 16.2. The van der Waals surface area contributed by atoms with Crippen molar-refractivity contribution in [2.45, 2.75) is 57.4 Å². The highest BCUT2D eigenvalue weighted by molar-refractivity contribution is 5.78. The number of amides is 1. The van der Waals surface area contributed by atoms with E-state index in [0.717, 1.165) is 37.6 Å². The lowest BCUT2D eigenvalue weighted by Crippen LogP contribution is -2.40. The number of likely N-dealkylation sites (tertiary alicyclic amines) is 1. The van der Waals surface area contributed by atoms with Crippen LogP contribution in [0.5, 0.6) is 0 Å². The zero-order chi connectivity index (χ0) is 16.2. The molecule has 2 aliphatic rings. The third-order valence-corrected chi connectivity index (χ3v) is 4.97. The summed E-state index contributed by atoms with van der Waals surface area (Å²) in [6.45, 7) is 2.98. The molecule has 0 unspecified atom stereocenters. The molecule has 1 aliphatic carbocycles. The highest BCUT2D eigenvalue weighted by Gasteiger charge is 2.29. The molecular formula is C17H29N5O. The fourth-order valence-electron chi connectivity index (χ4n) is 3.34. The van der Waals surface area contributed by atoms with E-state index in [-0.39, 0.29) is 5.91 Å². The summed E-state index contributed by atoms with van der Waals surface area (Å²) in [5, 5.41) is 8.62. The van der Waals surface area contributed by atoms with Gasteiger partial charge >= 0.3 is 0 Å². The van der Waals surface area contributed by atoms with Crippen molar-refractivity contribution in [2.24, 2.45) is 7.05 Å². The van der Waals surface area contributed by atoms with Crippen LogP contribution in [0, 0.1) is 0 Å². The average molecular weight is 319 g/mol. The van der Waals surface area contributed by atoms with E-state index in [1.165, 1.54) is 32.1 Å². The Labute approximate surface area is 138 Å². The summed E-state index contributed by atoms with van der Waals surface area (Å²) >= 11 is 0. The maximum Gasteiger partial charge on any atom is 0.236 e. The molecule has 0 bridgehead atoms. The summed E-state index contributed by atoms with van der Waals surface area (Å²) in [4.78, 5) is 16.6. The van der Waals surface area contributed by atoms with Crippen molar-refractivity contribution in [1.82, 2.24) is 24.6 Å². The fourth-order valence-corrected chi connectivity index (χ4v) is 3.34. The molecule has 0 aromatic carbocycles. The third kappa shape index (κ3) is 4.31. The van der Waals surface area contributed by atoms with Crippen LogP contribution in [-0.2, 0) is 18.4 Å². The third-order valence-electron chi connectivity index (χ3n) is 4.97. The average Bonchev–Trinajstić information content (AvgIpc) is 3.25. The van der Waals surface area contributed by atoms with Gasteiger partial charge < -0.3 is 9.47 Å². The molecule has 2 heterocycles. The van der Waals surface area contributed by atoms with Gasteiger partial charge in [-0.3, -0.25) is 9.69 Å². The first-order valence-electron chi connectivity index (χ1n) is 8.99. The number of hydrogen-bond acceptors (Lipinski definition) is 4. The van der Waals surface area contributed by atoms with Crippen LogP contribution in [0.25, 0.3) is 0 Å². The first-order valence-corrected chi connectivity index (χ1v) is 8.99. The molecule has 23 heavy (non-hydrogen) atoms. The smallest absolute Gasteiger partial charge is 0.236 e. The van der Waals surface area contributed by atoms with E-state index in [9.17, 15) is 4.79 Å². The standard InChI is InChI=1S/C17H29N5O/c1-20(12-15-18-19-17(21(15)2)14-8-9-14)13-16(23)22-10-6-4-3-5-7-11-22/h14H,3-13H2,1-2H3. The topological polar surface area (TPSA) is 54.3 Å². The SMILES string of the molecule is CN(CC(=O)N1CCCCCCC1)Cc1nnc(C2CC2)n1C. The predicted octanol–water partition coefficient (Wildman–Crippen LogP) is 1.92. The summed E-state index contributed by atoms with van der Waals surface area (Å²) in [7, 11) is 4.03. The van der Waals surface area contributed by atoms with Gasteiger partial charge in [-0.25, -0.2) is 0 Å². The van der Waals surface area contributed by atoms with Crippen molar-refractivity contribution >= 4 is 5.91 Å². The van der Waals surface area contributed by atoms with E-state index in [0.29, 0.717) is 19.0 Å². The molecule has 0 radical (unpaired) electrons. The second-order valence-corrected chi connectivity index (χ2v) is 7.13. The van der Waals surface area contributed by atoms with Crippen LogP contribution >= 0.6 is 0 Å². The molecule has 128 valence electrons. The van der Waals surface area contributed by atoms with Crippen molar-refractivity contribution in [3.8, 4) is 0 Å². The number of nitrogens with zero attached hydrogens (tertiary/aromatic N) is 5. The molecule has 6 heteroatoms. The Morgan fingerprint density at radius 2 is 1.78 bits per heavy atom. The molecule has 2 fully saturated rings. The lowest BCUT2D eigenvalue weighted by molar-refractivity contribution is -0.132. The van der Waals surface area contributed by atoms with Crippen molar-refractivity contribution in [3.63, 3.8) is 0 Å². The van der Waals surface area contributed by atoms with Gasteiger partial charge in [0.15, 0.2) is 0 Å². The number of likely N-dealkylation sites (N-methyl/N-ethyl adjacent to an activating group) is 1. The summed E-state index contributed by atoms with van der Waals surface area (Å²) in [6, 6.07) is 0. The number of carbonyl (C=O) groups excluding carboxylic acids is 1. The Hall–Kier alpha value is -1.43. The van der Waals surface area contributed by atoms with Gasteiger partial charge in [0.25, 0.3) is 0 Å². The minimum absolute atomic E-state index is 0.249. The molecule has 1 aromatic rings. The molecule has 1 aromatic heterocycles. The van der Waals surface area contributed by atoms with Gasteiger partial charge in [0, 0.05) is 26.1 Å². The molecular weight excluding hydrogens is 290 g/mol. The molecule has 1 saturated carbocycles. The lowest BCUT2D eigenvalue weighted by Gasteiger charge is -2.27. The van der Waals surface area contributed by atoms with Crippen molar-refractivity contribution in [3.05, 3.63) is 11.6 Å². The van der Waals surface area contributed by atoms with E-state index >= 15 is 0 Å². The molecule has 0 spiro atoms.